The van der Waals surface area contributed by atoms with Crippen LogP contribution in [-0.4, -0.2) is 28.6 Å². The smallest absolute Gasteiger partial charge is 0.301 e. The van der Waals surface area contributed by atoms with Crippen LogP contribution in [0.5, 0.6) is 5.75 Å². The molecule has 32 heavy (non-hydrogen) atoms. The minimum absolute atomic E-state index is 0.130. The summed E-state index contributed by atoms with van der Waals surface area (Å²) in [6.07, 6.45) is 0.811. The first-order valence-corrected chi connectivity index (χ1v) is 10.1. The van der Waals surface area contributed by atoms with E-state index in [1.165, 1.54) is 35.2 Å². The van der Waals surface area contributed by atoms with Gasteiger partial charge in [0.15, 0.2) is 5.82 Å². The van der Waals surface area contributed by atoms with Crippen molar-refractivity contribution in [2.24, 2.45) is 0 Å². The van der Waals surface area contributed by atoms with Crippen molar-refractivity contribution in [3.63, 3.8) is 0 Å². The highest BCUT2D eigenvalue weighted by Crippen LogP contribution is 2.42. The number of rotatable bonds is 6. The van der Waals surface area contributed by atoms with Crippen LogP contribution in [0.3, 0.4) is 0 Å². The lowest BCUT2D eigenvalue weighted by molar-refractivity contribution is -0.132. The summed E-state index contributed by atoms with van der Waals surface area (Å²) in [5.41, 5.74) is 0.626. The van der Waals surface area contributed by atoms with Crippen molar-refractivity contribution in [2.45, 2.75) is 26.3 Å². The van der Waals surface area contributed by atoms with E-state index in [1.807, 2.05) is 6.92 Å². The number of carbonyl (C=O) groups excluding carboxylic acids is 2. The van der Waals surface area contributed by atoms with Gasteiger partial charge in [0.1, 0.15) is 23.1 Å². The van der Waals surface area contributed by atoms with Crippen LogP contribution in [0.4, 0.5) is 10.2 Å². The van der Waals surface area contributed by atoms with Crippen LogP contribution in [-0.2, 0) is 9.59 Å². The third-order valence-electron chi connectivity index (χ3n) is 5.07. The zero-order valence-electron chi connectivity index (χ0n) is 17.5. The molecule has 7 nitrogen and oxygen atoms in total. The molecule has 1 saturated heterocycles. The summed E-state index contributed by atoms with van der Waals surface area (Å²) in [7, 11) is 0. The summed E-state index contributed by atoms with van der Waals surface area (Å²) < 4.78 is 24.2. The summed E-state index contributed by atoms with van der Waals surface area (Å²) in [5.74, 6) is -1.46. The number of benzene rings is 2. The van der Waals surface area contributed by atoms with Gasteiger partial charge in [-0.05, 0) is 55.3 Å². The fraction of sp³-hybridized carbons (Fsp3) is 0.208. The summed E-state index contributed by atoms with van der Waals surface area (Å²) in [6.45, 7) is 4.15. The van der Waals surface area contributed by atoms with Crippen molar-refractivity contribution in [3.05, 3.63) is 82.9 Å². The standard InChI is InChI=1S/C24H21FN2O5/c1-3-11-31-18-6-4-5-16(13-18)21-20(22(28)15-7-9-17(25)10-8-15)23(29)24(30)27(21)19-12-14(2)32-26-19/h4-10,12-13,21,28H,3,11H2,1-2H3/t21-/m1/s1. The zero-order valence-corrected chi connectivity index (χ0v) is 17.5. The monoisotopic (exact) mass is 436 g/mol. The van der Waals surface area contributed by atoms with Crippen molar-refractivity contribution in [1.82, 2.24) is 5.16 Å². The van der Waals surface area contributed by atoms with Gasteiger partial charge in [0.2, 0.25) is 0 Å². The predicted molar refractivity (Wildman–Crippen MR) is 115 cm³/mol. The summed E-state index contributed by atoms with van der Waals surface area (Å²) in [6, 6.07) is 12.5. The first-order chi connectivity index (χ1) is 15.4. The number of aromatic nitrogens is 1. The molecule has 0 aliphatic carbocycles. The second-order valence-corrected chi connectivity index (χ2v) is 7.39. The van der Waals surface area contributed by atoms with E-state index in [0.717, 1.165) is 6.42 Å². The van der Waals surface area contributed by atoms with Crippen LogP contribution in [0.15, 0.2) is 64.7 Å². The van der Waals surface area contributed by atoms with E-state index >= 15 is 0 Å². The van der Waals surface area contributed by atoms with Gasteiger partial charge < -0.3 is 14.4 Å². The zero-order chi connectivity index (χ0) is 22.8. The van der Waals surface area contributed by atoms with Gasteiger partial charge in [0, 0.05) is 11.6 Å². The average molecular weight is 436 g/mol. The van der Waals surface area contributed by atoms with Crippen molar-refractivity contribution in [3.8, 4) is 5.75 Å². The van der Waals surface area contributed by atoms with Gasteiger partial charge in [-0.25, -0.2) is 4.39 Å². The quantitative estimate of drug-likeness (QED) is 0.347. The number of hydrogen-bond donors (Lipinski definition) is 1. The highest BCUT2D eigenvalue weighted by molar-refractivity contribution is 6.51. The SMILES string of the molecule is CCCOc1cccc([C@@H]2C(=C(O)c3ccc(F)cc3)C(=O)C(=O)N2c2cc(C)on2)c1. The molecule has 1 atom stereocenters. The summed E-state index contributed by atoms with van der Waals surface area (Å²) >= 11 is 0. The lowest BCUT2D eigenvalue weighted by atomic mass is 9.95. The van der Waals surface area contributed by atoms with Crippen LogP contribution in [0, 0.1) is 12.7 Å². The van der Waals surface area contributed by atoms with Crippen molar-refractivity contribution < 1.29 is 28.3 Å². The number of aliphatic hydroxyl groups excluding tert-OH is 1. The third-order valence-corrected chi connectivity index (χ3v) is 5.07. The number of anilines is 1. The second kappa shape index (κ2) is 8.66. The molecule has 1 amide bonds. The van der Waals surface area contributed by atoms with Gasteiger partial charge in [0.05, 0.1) is 18.2 Å². The Balaban J connectivity index is 1.90. The lowest BCUT2D eigenvalue weighted by Gasteiger charge is -2.23. The van der Waals surface area contributed by atoms with Crippen LogP contribution < -0.4 is 9.64 Å². The molecule has 3 aromatic rings. The van der Waals surface area contributed by atoms with Crippen LogP contribution >= 0.6 is 0 Å². The number of ketones is 1. The maximum atomic E-state index is 13.4. The number of hydrogen-bond acceptors (Lipinski definition) is 6. The molecular formula is C24H21FN2O5. The molecule has 0 saturated carbocycles. The van der Waals surface area contributed by atoms with E-state index in [0.29, 0.717) is 23.7 Å². The molecular weight excluding hydrogens is 415 g/mol. The van der Waals surface area contributed by atoms with Crippen molar-refractivity contribution >= 4 is 23.3 Å². The lowest BCUT2D eigenvalue weighted by Crippen LogP contribution is -2.29. The van der Waals surface area contributed by atoms with E-state index < -0.39 is 29.3 Å². The highest BCUT2D eigenvalue weighted by atomic mass is 19.1. The maximum Gasteiger partial charge on any atom is 0.301 e. The van der Waals surface area contributed by atoms with Crippen molar-refractivity contribution in [2.75, 3.05) is 11.5 Å². The molecule has 0 unspecified atom stereocenters. The molecule has 1 fully saturated rings. The number of nitrogens with zero attached hydrogens (tertiary/aromatic N) is 2. The van der Waals surface area contributed by atoms with Crippen LogP contribution in [0.25, 0.3) is 5.76 Å². The van der Waals surface area contributed by atoms with Gasteiger partial charge in [-0.1, -0.05) is 24.2 Å². The normalized spacial score (nSPS) is 17.7. The molecule has 2 heterocycles. The molecule has 1 aromatic heterocycles. The van der Waals surface area contributed by atoms with E-state index in [-0.39, 0.29) is 17.0 Å². The summed E-state index contributed by atoms with van der Waals surface area (Å²) in [4.78, 5) is 27.2. The van der Waals surface area contributed by atoms with Gasteiger partial charge in [-0.2, -0.15) is 0 Å². The fourth-order valence-corrected chi connectivity index (χ4v) is 3.61. The largest absolute Gasteiger partial charge is 0.507 e. The van der Waals surface area contributed by atoms with Crippen molar-refractivity contribution in [1.29, 1.82) is 0 Å². The first kappa shape index (κ1) is 21.3. The molecule has 0 bridgehead atoms. The number of ether oxygens (including phenoxy) is 1. The van der Waals surface area contributed by atoms with Gasteiger partial charge in [-0.15, -0.1) is 0 Å². The Morgan fingerprint density at radius 2 is 1.94 bits per heavy atom. The highest BCUT2D eigenvalue weighted by Gasteiger charge is 2.48. The number of aliphatic hydroxyl groups is 1. The van der Waals surface area contributed by atoms with Gasteiger partial charge in [0.25, 0.3) is 5.78 Å². The Bertz CT molecular complexity index is 1200. The van der Waals surface area contributed by atoms with Gasteiger partial charge in [-0.3, -0.25) is 14.5 Å². The van der Waals surface area contributed by atoms with E-state index in [9.17, 15) is 19.1 Å². The minimum Gasteiger partial charge on any atom is -0.507 e. The molecule has 1 N–H and O–H groups in total. The molecule has 1 aliphatic heterocycles. The topological polar surface area (TPSA) is 92.9 Å². The van der Waals surface area contributed by atoms with E-state index in [4.69, 9.17) is 9.26 Å². The Morgan fingerprint density at radius 3 is 2.59 bits per heavy atom. The minimum atomic E-state index is -0.977. The average Bonchev–Trinajstić information content (AvgIpc) is 3.33. The predicted octanol–water partition coefficient (Wildman–Crippen LogP) is 4.54. The Morgan fingerprint density at radius 1 is 1.19 bits per heavy atom. The molecule has 0 radical (unpaired) electrons. The number of amides is 1. The first-order valence-electron chi connectivity index (χ1n) is 10.1. The third kappa shape index (κ3) is 3.87. The van der Waals surface area contributed by atoms with Crippen LogP contribution in [0.2, 0.25) is 0 Å². The fourth-order valence-electron chi connectivity index (χ4n) is 3.61. The van der Waals surface area contributed by atoms with Crippen LogP contribution in [0.1, 0.15) is 36.3 Å². The Labute approximate surface area is 183 Å². The molecule has 164 valence electrons. The number of carbonyl (C=O) groups is 2. The molecule has 2 aromatic carbocycles. The second-order valence-electron chi connectivity index (χ2n) is 7.39. The number of aryl methyl sites for hydroxylation is 1. The molecule has 1 aliphatic rings. The molecule has 0 spiro atoms. The number of Topliss-reactive ketones (excluding diaryl/α,β-unsaturated/α-hetero) is 1. The summed E-state index contributed by atoms with van der Waals surface area (Å²) in [5, 5.41) is 14.9. The Hall–Kier alpha value is -3.94. The number of halogens is 1. The molecule has 4 rings (SSSR count). The van der Waals surface area contributed by atoms with E-state index in [2.05, 4.69) is 5.16 Å². The molecule has 8 heteroatoms. The van der Waals surface area contributed by atoms with Gasteiger partial charge >= 0.3 is 5.91 Å². The Kier molecular flexibility index (Phi) is 5.77. The maximum absolute atomic E-state index is 13.4. The van der Waals surface area contributed by atoms with E-state index in [1.54, 1.807) is 31.2 Å².